The first-order valence-corrected chi connectivity index (χ1v) is 5.04. The molecule has 0 saturated carbocycles. The van der Waals surface area contributed by atoms with E-state index in [1.54, 1.807) is 0 Å². The van der Waals surface area contributed by atoms with Crippen LogP contribution in [0.2, 0.25) is 0 Å². The van der Waals surface area contributed by atoms with Crippen LogP contribution in [0.4, 0.5) is 0 Å². The van der Waals surface area contributed by atoms with Gasteiger partial charge < -0.3 is 15.4 Å². The van der Waals surface area contributed by atoms with Gasteiger partial charge in [-0.05, 0) is 12.3 Å². The fraction of sp³-hybridized carbons (Fsp3) is 0.600. The van der Waals surface area contributed by atoms with E-state index in [4.69, 9.17) is 0 Å². The topological polar surface area (TPSA) is 78.0 Å². The van der Waals surface area contributed by atoms with Gasteiger partial charge in [0.2, 0.25) is 0 Å². The average Bonchev–Trinajstić information content (AvgIpc) is 2.65. The van der Waals surface area contributed by atoms with Crippen LogP contribution in [-0.4, -0.2) is 33.6 Å². The lowest BCUT2D eigenvalue weighted by molar-refractivity contribution is 0.0896. The summed E-state index contributed by atoms with van der Waals surface area (Å²) in [6.45, 7) is 4.33. The number of amides is 1. The minimum Gasteiger partial charge on any atom is -0.391 e. The number of aliphatic hydroxyl groups is 1. The molecule has 1 unspecified atom stereocenters. The third-order valence-corrected chi connectivity index (χ3v) is 1.98. The van der Waals surface area contributed by atoms with Crippen LogP contribution < -0.4 is 5.32 Å². The van der Waals surface area contributed by atoms with Gasteiger partial charge in [0.25, 0.3) is 5.91 Å². The van der Waals surface area contributed by atoms with Gasteiger partial charge >= 0.3 is 0 Å². The van der Waals surface area contributed by atoms with E-state index >= 15 is 0 Å². The van der Waals surface area contributed by atoms with Crippen molar-refractivity contribution >= 4 is 5.91 Å². The first-order chi connectivity index (χ1) is 7.09. The Bertz CT molecular complexity index is 296. The number of hydrogen-bond acceptors (Lipinski definition) is 3. The van der Waals surface area contributed by atoms with E-state index < -0.39 is 6.10 Å². The molecule has 15 heavy (non-hydrogen) atoms. The smallest absolute Gasteiger partial charge is 0.269 e. The summed E-state index contributed by atoms with van der Waals surface area (Å²) in [5, 5.41) is 12.2. The highest BCUT2D eigenvalue weighted by Gasteiger charge is 2.10. The number of carbonyl (C=O) groups is 1. The summed E-state index contributed by atoms with van der Waals surface area (Å²) in [7, 11) is 0. The number of rotatable bonds is 5. The molecule has 0 aromatic carbocycles. The predicted molar refractivity (Wildman–Crippen MR) is 56.4 cm³/mol. The van der Waals surface area contributed by atoms with Crippen LogP contribution in [0.25, 0.3) is 0 Å². The molecule has 1 atom stereocenters. The van der Waals surface area contributed by atoms with Crippen LogP contribution in [0.15, 0.2) is 12.5 Å². The van der Waals surface area contributed by atoms with E-state index in [2.05, 4.69) is 15.3 Å². The summed E-state index contributed by atoms with van der Waals surface area (Å²) in [6, 6.07) is 0. The highest BCUT2D eigenvalue weighted by Crippen LogP contribution is 2.03. The molecule has 84 valence electrons. The van der Waals surface area contributed by atoms with Gasteiger partial charge in [-0.25, -0.2) is 4.98 Å². The lowest BCUT2D eigenvalue weighted by Crippen LogP contribution is -2.32. The minimum atomic E-state index is -0.489. The van der Waals surface area contributed by atoms with Crippen molar-refractivity contribution in [3.05, 3.63) is 18.2 Å². The molecule has 0 bridgehead atoms. The second-order valence-corrected chi connectivity index (χ2v) is 3.96. The van der Waals surface area contributed by atoms with Gasteiger partial charge in [0.1, 0.15) is 5.69 Å². The van der Waals surface area contributed by atoms with E-state index in [9.17, 15) is 9.90 Å². The first-order valence-electron chi connectivity index (χ1n) is 5.04. The summed E-state index contributed by atoms with van der Waals surface area (Å²) < 4.78 is 0. The van der Waals surface area contributed by atoms with E-state index in [0.717, 1.165) is 0 Å². The van der Waals surface area contributed by atoms with E-state index in [0.29, 0.717) is 18.0 Å². The Kier molecular flexibility index (Phi) is 4.30. The molecule has 1 amide bonds. The number of H-pyrrole nitrogens is 1. The van der Waals surface area contributed by atoms with Crippen molar-refractivity contribution in [3.8, 4) is 0 Å². The maximum Gasteiger partial charge on any atom is 0.269 e. The van der Waals surface area contributed by atoms with Crippen molar-refractivity contribution in [2.24, 2.45) is 5.92 Å². The monoisotopic (exact) mass is 211 g/mol. The number of aliphatic hydroxyl groups excluding tert-OH is 1. The molecule has 0 aliphatic carbocycles. The second-order valence-electron chi connectivity index (χ2n) is 3.96. The number of aromatic amines is 1. The number of nitrogens with zero attached hydrogens (tertiary/aromatic N) is 1. The van der Waals surface area contributed by atoms with Crippen molar-refractivity contribution in [1.29, 1.82) is 0 Å². The molecule has 0 fully saturated rings. The van der Waals surface area contributed by atoms with Crippen LogP contribution in [0.3, 0.4) is 0 Å². The molecule has 1 aromatic rings. The van der Waals surface area contributed by atoms with Crippen LogP contribution in [0.1, 0.15) is 30.8 Å². The Balaban J connectivity index is 2.28. The van der Waals surface area contributed by atoms with Crippen LogP contribution in [-0.2, 0) is 0 Å². The number of carbonyl (C=O) groups excluding carboxylic acids is 1. The van der Waals surface area contributed by atoms with Crippen molar-refractivity contribution in [2.45, 2.75) is 26.4 Å². The van der Waals surface area contributed by atoms with Gasteiger partial charge in [0.15, 0.2) is 0 Å². The Hall–Kier alpha value is -1.36. The van der Waals surface area contributed by atoms with E-state index in [-0.39, 0.29) is 12.5 Å². The average molecular weight is 211 g/mol. The molecule has 1 heterocycles. The number of nitrogens with one attached hydrogen (secondary N) is 2. The van der Waals surface area contributed by atoms with Crippen LogP contribution >= 0.6 is 0 Å². The SMILES string of the molecule is CC(C)CC(O)CNC(=O)c1cnc[nH]1. The summed E-state index contributed by atoms with van der Waals surface area (Å²) in [5.41, 5.74) is 0.409. The lowest BCUT2D eigenvalue weighted by atomic mass is 10.1. The van der Waals surface area contributed by atoms with Gasteiger partial charge in [0.05, 0.1) is 18.6 Å². The maximum absolute atomic E-state index is 11.4. The lowest BCUT2D eigenvalue weighted by Gasteiger charge is -2.13. The fourth-order valence-electron chi connectivity index (χ4n) is 1.31. The zero-order valence-corrected chi connectivity index (χ0v) is 9.03. The normalized spacial score (nSPS) is 12.8. The zero-order valence-electron chi connectivity index (χ0n) is 9.03. The zero-order chi connectivity index (χ0) is 11.3. The van der Waals surface area contributed by atoms with Crippen LogP contribution in [0, 0.1) is 5.92 Å². The van der Waals surface area contributed by atoms with Crippen molar-refractivity contribution in [3.63, 3.8) is 0 Å². The highest BCUT2D eigenvalue weighted by molar-refractivity contribution is 5.91. The Morgan fingerprint density at radius 1 is 1.67 bits per heavy atom. The van der Waals surface area contributed by atoms with Crippen molar-refractivity contribution in [2.75, 3.05) is 6.54 Å². The van der Waals surface area contributed by atoms with E-state index in [1.807, 2.05) is 13.8 Å². The Labute approximate surface area is 88.9 Å². The quantitative estimate of drug-likeness (QED) is 0.665. The number of imidazole rings is 1. The molecule has 1 rings (SSSR count). The van der Waals surface area contributed by atoms with Crippen molar-refractivity contribution < 1.29 is 9.90 Å². The number of hydrogen-bond donors (Lipinski definition) is 3. The molecule has 1 aromatic heterocycles. The number of aromatic nitrogens is 2. The van der Waals surface area contributed by atoms with Gasteiger partial charge in [-0.2, -0.15) is 0 Å². The maximum atomic E-state index is 11.4. The van der Waals surface area contributed by atoms with Crippen molar-refractivity contribution in [1.82, 2.24) is 15.3 Å². The standard InChI is InChI=1S/C10H17N3O2/c1-7(2)3-8(14)4-12-10(15)9-5-11-6-13-9/h5-8,14H,3-4H2,1-2H3,(H,11,13)(H,12,15). The third-order valence-electron chi connectivity index (χ3n) is 1.98. The molecule has 0 radical (unpaired) electrons. The van der Waals surface area contributed by atoms with E-state index in [1.165, 1.54) is 12.5 Å². The molecule has 5 heteroatoms. The highest BCUT2D eigenvalue weighted by atomic mass is 16.3. The molecular formula is C10H17N3O2. The molecular weight excluding hydrogens is 194 g/mol. The minimum absolute atomic E-state index is 0.240. The summed E-state index contributed by atoms with van der Waals surface area (Å²) >= 11 is 0. The Morgan fingerprint density at radius 2 is 2.40 bits per heavy atom. The van der Waals surface area contributed by atoms with Crippen LogP contribution in [0.5, 0.6) is 0 Å². The van der Waals surface area contributed by atoms with Gasteiger partial charge in [-0.3, -0.25) is 4.79 Å². The predicted octanol–water partition coefficient (Wildman–Crippen LogP) is 0.546. The summed E-state index contributed by atoms with van der Waals surface area (Å²) in [4.78, 5) is 17.8. The van der Waals surface area contributed by atoms with Gasteiger partial charge in [0, 0.05) is 6.54 Å². The van der Waals surface area contributed by atoms with Gasteiger partial charge in [-0.1, -0.05) is 13.8 Å². The molecule has 5 nitrogen and oxygen atoms in total. The van der Waals surface area contributed by atoms with Gasteiger partial charge in [-0.15, -0.1) is 0 Å². The Morgan fingerprint density at radius 3 is 2.93 bits per heavy atom. The summed E-state index contributed by atoms with van der Waals surface area (Å²) in [6.07, 6.45) is 3.09. The summed E-state index contributed by atoms with van der Waals surface area (Å²) in [5.74, 6) is 0.180. The molecule has 0 saturated heterocycles. The fourth-order valence-corrected chi connectivity index (χ4v) is 1.31. The molecule has 3 N–H and O–H groups in total. The molecule has 0 spiro atoms. The first kappa shape index (κ1) is 11.7. The second kappa shape index (κ2) is 5.50. The molecule has 0 aliphatic rings. The molecule has 0 aliphatic heterocycles. The third kappa shape index (κ3) is 4.12. The largest absolute Gasteiger partial charge is 0.391 e.